The van der Waals surface area contributed by atoms with Gasteiger partial charge in [0.05, 0.1) is 21.3 Å². The fourth-order valence-corrected chi connectivity index (χ4v) is 5.36. The van der Waals surface area contributed by atoms with E-state index in [1.165, 1.54) is 4.70 Å². The summed E-state index contributed by atoms with van der Waals surface area (Å²) >= 11 is 1.76. The third-order valence-electron chi connectivity index (χ3n) is 5.93. The summed E-state index contributed by atoms with van der Waals surface area (Å²) in [5.41, 5.74) is 1.77. The molecule has 156 valence electrons. The third-order valence-corrected chi connectivity index (χ3v) is 7.13. The lowest BCUT2D eigenvalue weighted by Gasteiger charge is -2.32. The highest BCUT2D eigenvalue weighted by molar-refractivity contribution is 7.18. The molecule has 2 saturated heterocycles. The number of aromatic nitrogens is 1. The van der Waals surface area contributed by atoms with E-state index in [1.54, 1.807) is 11.3 Å². The zero-order valence-corrected chi connectivity index (χ0v) is 17.8. The van der Waals surface area contributed by atoms with E-state index in [-0.39, 0.29) is 12.0 Å². The number of carbonyl (C=O) groups excluding carboxylic acids is 1. The predicted octanol–water partition coefficient (Wildman–Crippen LogP) is 4.87. The highest BCUT2D eigenvalue weighted by Gasteiger charge is 2.27. The largest absolute Gasteiger partial charge is 0.491 e. The Bertz CT molecular complexity index is 978. The van der Waals surface area contributed by atoms with E-state index in [0.717, 1.165) is 61.7 Å². The van der Waals surface area contributed by atoms with Gasteiger partial charge in [0.15, 0.2) is 0 Å². The molecule has 2 aliphatic rings. The Morgan fingerprint density at radius 2 is 2.00 bits per heavy atom. The summed E-state index contributed by atoms with van der Waals surface area (Å²) in [7, 11) is 0. The summed E-state index contributed by atoms with van der Waals surface area (Å²) in [5.74, 6) is 1.19. The van der Waals surface area contributed by atoms with Crippen LogP contribution in [0.1, 0.15) is 47.0 Å². The predicted molar refractivity (Wildman–Crippen MR) is 118 cm³/mol. The molecule has 2 aromatic carbocycles. The Balaban J connectivity index is 1.22. The number of nitrogens with zero attached hydrogens (tertiary/aromatic N) is 2. The van der Waals surface area contributed by atoms with Crippen molar-refractivity contribution in [1.29, 1.82) is 0 Å². The molecule has 6 heteroatoms. The summed E-state index contributed by atoms with van der Waals surface area (Å²) in [5, 5.41) is 1.14. The maximum absolute atomic E-state index is 13.1. The van der Waals surface area contributed by atoms with Crippen molar-refractivity contribution in [3.05, 3.63) is 59.1 Å². The monoisotopic (exact) mass is 422 g/mol. The zero-order chi connectivity index (χ0) is 20.3. The number of thiazole rings is 1. The van der Waals surface area contributed by atoms with E-state index in [0.29, 0.717) is 18.1 Å². The number of hydrogen-bond donors (Lipinski definition) is 0. The Morgan fingerprint density at radius 3 is 2.80 bits per heavy atom. The first-order valence-corrected chi connectivity index (χ1v) is 11.6. The van der Waals surface area contributed by atoms with Crippen LogP contribution in [0.3, 0.4) is 0 Å². The molecule has 2 aliphatic heterocycles. The second-order valence-corrected chi connectivity index (χ2v) is 9.14. The number of amides is 1. The topological polar surface area (TPSA) is 51.7 Å². The summed E-state index contributed by atoms with van der Waals surface area (Å²) in [6, 6.07) is 15.8. The van der Waals surface area contributed by atoms with Crippen molar-refractivity contribution in [3.8, 4) is 5.75 Å². The average Bonchev–Trinajstić information content (AvgIpc) is 3.47. The van der Waals surface area contributed by atoms with E-state index in [2.05, 4.69) is 18.2 Å². The Labute approximate surface area is 180 Å². The van der Waals surface area contributed by atoms with Crippen molar-refractivity contribution >= 4 is 27.5 Å². The third kappa shape index (κ3) is 4.20. The number of benzene rings is 2. The molecule has 5 nitrogen and oxygen atoms in total. The van der Waals surface area contributed by atoms with Crippen molar-refractivity contribution in [2.75, 3.05) is 26.3 Å². The van der Waals surface area contributed by atoms with Gasteiger partial charge in [-0.25, -0.2) is 4.98 Å². The van der Waals surface area contributed by atoms with E-state index in [4.69, 9.17) is 14.5 Å². The van der Waals surface area contributed by atoms with Gasteiger partial charge in [0.25, 0.3) is 5.91 Å². The molecule has 1 amide bonds. The lowest BCUT2D eigenvalue weighted by atomic mass is 9.98. The minimum atomic E-state index is 0.0893. The number of para-hydroxylation sites is 1. The molecule has 0 N–H and O–H groups in total. The van der Waals surface area contributed by atoms with Gasteiger partial charge in [-0.3, -0.25) is 4.79 Å². The van der Waals surface area contributed by atoms with Crippen molar-refractivity contribution in [2.24, 2.45) is 0 Å². The van der Waals surface area contributed by atoms with Gasteiger partial charge in [-0.1, -0.05) is 12.1 Å². The first-order chi connectivity index (χ1) is 14.8. The fourth-order valence-electron chi connectivity index (χ4n) is 4.27. The molecule has 0 spiro atoms. The highest BCUT2D eigenvalue weighted by atomic mass is 32.1. The van der Waals surface area contributed by atoms with E-state index < -0.39 is 0 Å². The van der Waals surface area contributed by atoms with Gasteiger partial charge in [-0.15, -0.1) is 11.3 Å². The SMILES string of the molecule is O=C(c1ccc(OCC2CCCO2)cc1)N1CCCC(c2nc3ccccc3s2)C1. The molecule has 0 radical (unpaired) electrons. The van der Waals surface area contributed by atoms with Crippen LogP contribution in [0.2, 0.25) is 0 Å². The van der Waals surface area contributed by atoms with Gasteiger partial charge in [-0.05, 0) is 62.1 Å². The molecular formula is C24H26N2O3S. The van der Waals surface area contributed by atoms with E-state index in [1.807, 2.05) is 35.2 Å². The number of hydrogen-bond acceptors (Lipinski definition) is 5. The normalized spacial score (nSPS) is 21.8. The summed E-state index contributed by atoms with van der Waals surface area (Å²) in [4.78, 5) is 19.9. The zero-order valence-electron chi connectivity index (χ0n) is 17.0. The minimum Gasteiger partial charge on any atom is -0.491 e. The molecule has 0 saturated carbocycles. The van der Waals surface area contributed by atoms with Gasteiger partial charge < -0.3 is 14.4 Å². The first kappa shape index (κ1) is 19.5. The number of fused-ring (bicyclic) bond motifs is 1. The van der Waals surface area contributed by atoms with Crippen LogP contribution in [0.5, 0.6) is 5.75 Å². The number of ether oxygens (including phenoxy) is 2. The van der Waals surface area contributed by atoms with Gasteiger partial charge in [0.2, 0.25) is 0 Å². The van der Waals surface area contributed by atoms with Gasteiger partial charge in [0.1, 0.15) is 12.4 Å². The van der Waals surface area contributed by atoms with Crippen molar-refractivity contribution in [1.82, 2.24) is 9.88 Å². The molecule has 0 bridgehead atoms. The van der Waals surface area contributed by atoms with E-state index in [9.17, 15) is 4.79 Å². The molecule has 3 heterocycles. The molecule has 3 aromatic rings. The van der Waals surface area contributed by atoms with Gasteiger partial charge >= 0.3 is 0 Å². The van der Waals surface area contributed by atoms with E-state index >= 15 is 0 Å². The molecule has 0 aliphatic carbocycles. The average molecular weight is 423 g/mol. The first-order valence-electron chi connectivity index (χ1n) is 10.8. The minimum absolute atomic E-state index is 0.0893. The van der Waals surface area contributed by atoms with Crippen molar-refractivity contribution in [2.45, 2.75) is 37.7 Å². The quantitative estimate of drug-likeness (QED) is 0.588. The highest BCUT2D eigenvalue weighted by Crippen LogP contribution is 2.33. The number of likely N-dealkylation sites (tertiary alicyclic amines) is 1. The molecule has 2 fully saturated rings. The van der Waals surface area contributed by atoms with Gasteiger partial charge in [0, 0.05) is 31.2 Å². The maximum Gasteiger partial charge on any atom is 0.253 e. The van der Waals surface area contributed by atoms with Crippen LogP contribution in [0.15, 0.2) is 48.5 Å². The van der Waals surface area contributed by atoms with Crippen LogP contribution < -0.4 is 4.74 Å². The molecule has 2 atom stereocenters. The Hall–Kier alpha value is -2.44. The Kier molecular flexibility index (Phi) is 5.69. The van der Waals surface area contributed by atoms with Crippen molar-refractivity contribution in [3.63, 3.8) is 0 Å². The number of carbonyl (C=O) groups is 1. The second kappa shape index (κ2) is 8.74. The fraction of sp³-hybridized carbons (Fsp3) is 0.417. The summed E-state index contributed by atoms with van der Waals surface area (Å²) in [6.45, 7) is 2.94. The maximum atomic E-state index is 13.1. The molecule has 2 unspecified atom stereocenters. The van der Waals surface area contributed by atoms with Crippen LogP contribution in [-0.4, -0.2) is 48.2 Å². The van der Waals surface area contributed by atoms with Crippen molar-refractivity contribution < 1.29 is 14.3 Å². The molecule has 1 aromatic heterocycles. The number of rotatable bonds is 5. The molecular weight excluding hydrogens is 396 g/mol. The smallest absolute Gasteiger partial charge is 0.253 e. The molecule has 5 rings (SSSR count). The Morgan fingerprint density at radius 1 is 1.13 bits per heavy atom. The summed E-state index contributed by atoms with van der Waals surface area (Å²) in [6.07, 6.45) is 4.45. The lowest BCUT2D eigenvalue weighted by Crippen LogP contribution is -2.39. The van der Waals surface area contributed by atoms with Crippen LogP contribution in [-0.2, 0) is 4.74 Å². The standard InChI is InChI=1S/C24H26N2O3S/c27-24(17-9-11-19(12-10-17)29-16-20-6-4-14-28-20)26-13-3-5-18(15-26)23-25-21-7-1-2-8-22(21)30-23/h1-2,7-12,18,20H,3-6,13-16H2. The summed E-state index contributed by atoms with van der Waals surface area (Å²) < 4.78 is 12.6. The lowest BCUT2D eigenvalue weighted by molar-refractivity contribution is 0.0677. The van der Waals surface area contributed by atoms with Crippen LogP contribution in [0, 0.1) is 0 Å². The van der Waals surface area contributed by atoms with Gasteiger partial charge in [-0.2, -0.15) is 0 Å². The second-order valence-electron chi connectivity index (χ2n) is 8.08. The van der Waals surface area contributed by atoms with Crippen LogP contribution in [0.4, 0.5) is 0 Å². The number of piperidine rings is 1. The van der Waals surface area contributed by atoms with Crippen LogP contribution in [0.25, 0.3) is 10.2 Å². The molecule has 30 heavy (non-hydrogen) atoms. The van der Waals surface area contributed by atoms with Crippen LogP contribution >= 0.6 is 11.3 Å².